The second-order valence-electron chi connectivity index (χ2n) is 2.84. The summed E-state index contributed by atoms with van der Waals surface area (Å²) < 4.78 is 4.75. The van der Waals surface area contributed by atoms with Crippen molar-refractivity contribution < 1.29 is 14.3 Å². The Balaban J connectivity index is 2.12. The predicted molar refractivity (Wildman–Crippen MR) is 45.8 cm³/mol. The van der Waals surface area contributed by atoms with E-state index in [1.165, 1.54) is 0 Å². The van der Waals surface area contributed by atoms with E-state index in [2.05, 4.69) is 10.6 Å². The van der Waals surface area contributed by atoms with Crippen molar-refractivity contribution in [2.24, 2.45) is 0 Å². The lowest BCUT2D eigenvalue weighted by molar-refractivity contribution is -0.143. The summed E-state index contributed by atoms with van der Waals surface area (Å²) in [6.07, 6.45) is 0.855. The molecule has 1 fully saturated rings. The molecule has 0 radical (unpaired) electrons. The number of hydrogen-bond acceptors (Lipinski definition) is 4. The van der Waals surface area contributed by atoms with Gasteiger partial charge in [0.25, 0.3) is 0 Å². The first kappa shape index (κ1) is 9.98. The Morgan fingerprint density at radius 2 is 2.46 bits per heavy atom. The third kappa shape index (κ3) is 3.42. The summed E-state index contributed by atoms with van der Waals surface area (Å²) in [6, 6.07) is 0. The van der Waals surface area contributed by atoms with E-state index in [0.29, 0.717) is 26.0 Å². The highest BCUT2D eigenvalue weighted by Gasteiger charge is 2.20. The normalized spacial score (nSPS) is 21.3. The molecule has 0 spiro atoms. The van der Waals surface area contributed by atoms with Crippen LogP contribution < -0.4 is 10.6 Å². The van der Waals surface area contributed by atoms with E-state index in [0.717, 1.165) is 0 Å². The Hall–Kier alpha value is -1.10. The third-order valence-electron chi connectivity index (χ3n) is 1.79. The van der Waals surface area contributed by atoms with Crippen LogP contribution in [-0.4, -0.2) is 31.2 Å². The van der Waals surface area contributed by atoms with Gasteiger partial charge in [-0.25, -0.2) is 0 Å². The summed E-state index contributed by atoms with van der Waals surface area (Å²) in [5.41, 5.74) is 0. The van der Waals surface area contributed by atoms with Crippen molar-refractivity contribution in [1.82, 2.24) is 10.6 Å². The van der Waals surface area contributed by atoms with Gasteiger partial charge in [0.05, 0.1) is 19.3 Å². The van der Waals surface area contributed by atoms with Crippen LogP contribution in [0.4, 0.5) is 0 Å². The van der Waals surface area contributed by atoms with Gasteiger partial charge >= 0.3 is 5.97 Å². The number of hydrogen-bond donors (Lipinski definition) is 2. The topological polar surface area (TPSA) is 67.4 Å². The summed E-state index contributed by atoms with van der Waals surface area (Å²) in [4.78, 5) is 21.7. The molecule has 1 unspecified atom stereocenters. The summed E-state index contributed by atoms with van der Waals surface area (Å²) in [7, 11) is 0. The van der Waals surface area contributed by atoms with Gasteiger partial charge in [-0.05, 0) is 13.3 Å². The molecule has 74 valence electrons. The minimum absolute atomic E-state index is 0.0196. The molecule has 1 amide bonds. The van der Waals surface area contributed by atoms with Crippen molar-refractivity contribution in [3.05, 3.63) is 0 Å². The number of ether oxygens (including phenoxy) is 1. The molecule has 5 heteroatoms. The van der Waals surface area contributed by atoms with Crippen LogP contribution in [0, 0.1) is 0 Å². The fourth-order valence-corrected chi connectivity index (χ4v) is 1.18. The molecule has 1 aliphatic rings. The molecular formula is C8H14N2O3. The molecular weight excluding hydrogens is 172 g/mol. The van der Waals surface area contributed by atoms with Gasteiger partial charge in [-0.3, -0.25) is 14.9 Å². The van der Waals surface area contributed by atoms with Crippen LogP contribution >= 0.6 is 0 Å². The molecule has 1 aliphatic heterocycles. The number of carbonyl (C=O) groups excluding carboxylic acids is 2. The van der Waals surface area contributed by atoms with Crippen LogP contribution in [0.5, 0.6) is 0 Å². The van der Waals surface area contributed by atoms with E-state index in [1.807, 2.05) is 0 Å². The number of nitrogens with one attached hydrogen (secondary N) is 2. The summed E-state index contributed by atoms with van der Waals surface area (Å²) >= 11 is 0. The van der Waals surface area contributed by atoms with E-state index < -0.39 is 0 Å². The Labute approximate surface area is 76.8 Å². The standard InChI is InChI=1S/C8H14N2O3/c1-2-13-8(12)4-3-6-9-5-7(11)10-6/h6,9H,2-5H2,1H3,(H,10,11). The molecule has 0 aromatic rings. The Kier molecular flexibility index (Phi) is 3.70. The van der Waals surface area contributed by atoms with E-state index in [1.54, 1.807) is 6.92 Å². The van der Waals surface area contributed by atoms with Crippen LogP contribution in [0.25, 0.3) is 0 Å². The van der Waals surface area contributed by atoms with E-state index in [9.17, 15) is 9.59 Å². The van der Waals surface area contributed by atoms with Crippen LogP contribution in [0.1, 0.15) is 19.8 Å². The van der Waals surface area contributed by atoms with E-state index in [4.69, 9.17) is 4.74 Å². The van der Waals surface area contributed by atoms with E-state index in [-0.39, 0.29) is 18.0 Å². The molecule has 0 aliphatic carbocycles. The molecule has 1 rings (SSSR count). The van der Waals surface area contributed by atoms with Gasteiger partial charge in [0.15, 0.2) is 0 Å². The van der Waals surface area contributed by atoms with Crippen molar-refractivity contribution in [2.45, 2.75) is 25.9 Å². The molecule has 1 heterocycles. The van der Waals surface area contributed by atoms with Crippen molar-refractivity contribution in [2.75, 3.05) is 13.2 Å². The molecule has 0 aromatic heterocycles. The van der Waals surface area contributed by atoms with Crippen molar-refractivity contribution in [3.63, 3.8) is 0 Å². The average molecular weight is 186 g/mol. The highest BCUT2D eigenvalue weighted by atomic mass is 16.5. The quantitative estimate of drug-likeness (QED) is 0.574. The first-order valence-corrected chi connectivity index (χ1v) is 4.40. The minimum Gasteiger partial charge on any atom is -0.466 e. The number of carbonyl (C=O) groups is 2. The lowest BCUT2D eigenvalue weighted by atomic mass is 10.2. The van der Waals surface area contributed by atoms with Gasteiger partial charge in [0.2, 0.25) is 5.91 Å². The lowest BCUT2D eigenvalue weighted by Gasteiger charge is -2.08. The Morgan fingerprint density at radius 1 is 1.69 bits per heavy atom. The maximum atomic E-state index is 10.9. The number of esters is 1. The Morgan fingerprint density at radius 3 is 3.00 bits per heavy atom. The van der Waals surface area contributed by atoms with Gasteiger partial charge in [0.1, 0.15) is 0 Å². The predicted octanol–water partition coefficient (Wildman–Crippen LogP) is -0.625. The largest absolute Gasteiger partial charge is 0.466 e. The number of amides is 1. The van der Waals surface area contributed by atoms with Gasteiger partial charge in [-0.15, -0.1) is 0 Å². The molecule has 0 saturated carbocycles. The molecule has 2 N–H and O–H groups in total. The van der Waals surface area contributed by atoms with Crippen LogP contribution in [-0.2, 0) is 14.3 Å². The lowest BCUT2D eigenvalue weighted by Crippen LogP contribution is -2.32. The second kappa shape index (κ2) is 4.81. The van der Waals surface area contributed by atoms with Gasteiger partial charge in [-0.2, -0.15) is 0 Å². The van der Waals surface area contributed by atoms with Gasteiger partial charge in [-0.1, -0.05) is 0 Å². The summed E-state index contributed by atoms with van der Waals surface area (Å²) in [5, 5.41) is 5.63. The first-order chi connectivity index (χ1) is 6.22. The fraction of sp³-hybridized carbons (Fsp3) is 0.750. The van der Waals surface area contributed by atoms with Crippen LogP contribution in [0.3, 0.4) is 0 Å². The van der Waals surface area contributed by atoms with Crippen LogP contribution in [0.2, 0.25) is 0 Å². The maximum Gasteiger partial charge on any atom is 0.305 e. The van der Waals surface area contributed by atoms with Crippen LogP contribution in [0.15, 0.2) is 0 Å². The molecule has 0 aromatic carbocycles. The number of rotatable bonds is 4. The zero-order chi connectivity index (χ0) is 9.68. The summed E-state index contributed by atoms with van der Waals surface area (Å²) in [5.74, 6) is -0.237. The highest BCUT2D eigenvalue weighted by molar-refractivity contribution is 5.80. The highest BCUT2D eigenvalue weighted by Crippen LogP contribution is 1.99. The SMILES string of the molecule is CCOC(=O)CCC1NCC(=O)N1. The van der Waals surface area contributed by atoms with Crippen molar-refractivity contribution in [1.29, 1.82) is 0 Å². The monoisotopic (exact) mass is 186 g/mol. The fourth-order valence-electron chi connectivity index (χ4n) is 1.18. The molecule has 1 atom stereocenters. The van der Waals surface area contributed by atoms with Crippen molar-refractivity contribution in [3.8, 4) is 0 Å². The zero-order valence-corrected chi connectivity index (χ0v) is 7.63. The average Bonchev–Trinajstić information content (AvgIpc) is 2.49. The molecule has 0 bridgehead atoms. The summed E-state index contributed by atoms with van der Waals surface area (Å²) in [6.45, 7) is 2.52. The third-order valence-corrected chi connectivity index (χ3v) is 1.79. The minimum atomic E-state index is -0.217. The smallest absolute Gasteiger partial charge is 0.305 e. The zero-order valence-electron chi connectivity index (χ0n) is 7.63. The van der Waals surface area contributed by atoms with Gasteiger partial charge in [0, 0.05) is 6.42 Å². The first-order valence-electron chi connectivity index (χ1n) is 4.40. The molecule has 1 saturated heterocycles. The van der Waals surface area contributed by atoms with Crippen molar-refractivity contribution >= 4 is 11.9 Å². The Bertz CT molecular complexity index is 206. The van der Waals surface area contributed by atoms with Gasteiger partial charge < -0.3 is 10.1 Å². The second-order valence-corrected chi connectivity index (χ2v) is 2.84. The maximum absolute atomic E-state index is 10.9. The molecule has 5 nitrogen and oxygen atoms in total. The van der Waals surface area contributed by atoms with E-state index >= 15 is 0 Å². The molecule has 13 heavy (non-hydrogen) atoms.